The number of carbonyl (C=O) groups is 2. The maximum absolute atomic E-state index is 11.9. The summed E-state index contributed by atoms with van der Waals surface area (Å²) in [6.45, 7) is 0.638. The lowest BCUT2D eigenvalue weighted by atomic mass is 10.0. The first-order valence-corrected chi connectivity index (χ1v) is 7.25. The number of pyridine rings is 1. The number of primary amides is 1. The molecule has 7 nitrogen and oxygen atoms in total. The molecular formula is C16H17N3O4. The Hall–Kier alpha value is -2.83. The van der Waals surface area contributed by atoms with Crippen molar-refractivity contribution in [3.63, 3.8) is 0 Å². The highest BCUT2D eigenvalue weighted by atomic mass is 16.6. The van der Waals surface area contributed by atoms with Crippen molar-refractivity contribution < 1.29 is 19.1 Å². The number of hydrogen-bond acceptors (Lipinski definition) is 5. The zero-order valence-corrected chi connectivity index (χ0v) is 12.7. The number of cyclic esters (lactones) is 1. The average Bonchev–Trinajstić information content (AvgIpc) is 2.92. The van der Waals surface area contributed by atoms with Crippen LogP contribution in [-0.2, 0) is 9.53 Å². The van der Waals surface area contributed by atoms with Gasteiger partial charge in [0.2, 0.25) is 5.91 Å². The Balaban J connectivity index is 1.88. The van der Waals surface area contributed by atoms with Gasteiger partial charge in [-0.15, -0.1) is 0 Å². The molecule has 1 aliphatic rings. The fraction of sp³-hybridized carbons (Fsp3) is 0.312. The van der Waals surface area contributed by atoms with Crippen molar-refractivity contribution in [1.29, 1.82) is 0 Å². The molecule has 0 radical (unpaired) electrons. The van der Waals surface area contributed by atoms with Crippen molar-refractivity contribution >= 4 is 22.9 Å². The molecule has 2 amide bonds. The summed E-state index contributed by atoms with van der Waals surface area (Å²) >= 11 is 0. The predicted octanol–water partition coefficient (Wildman–Crippen LogP) is 1.61. The molecule has 2 N–H and O–H groups in total. The molecule has 3 rings (SSSR count). The lowest BCUT2D eigenvalue weighted by Crippen LogP contribution is -2.28. The van der Waals surface area contributed by atoms with Crippen molar-refractivity contribution in [2.24, 2.45) is 5.73 Å². The number of ether oxygens (including phenoxy) is 2. The molecule has 2 heterocycles. The van der Waals surface area contributed by atoms with Crippen LogP contribution >= 0.6 is 0 Å². The number of carbonyl (C=O) groups excluding carboxylic acids is 2. The Kier molecular flexibility index (Phi) is 4.01. The van der Waals surface area contributed by atoms with Crippen molar-refractivity contribution in [2.45, 2.75) is 12.5 Å². The van der Waals surface area contributed by atoms with E-state index in [9.17, 15) is 9.59 Å². The molecule has 1 saturated heterocycles. The molecule has 7 heteroatoms. The van der Waals surface area contributed by atoms with E-state index in [1.54, 1.807) is 13.3 Å². The molecular weight excluding hydrogens is 298 g/mol. The van der Waals surface area contributed by atoms with E-state index in [4.69, 9.17) is 15.2 Å². The quantitative estimate of drug-likeness (QED) is 0.904. The minimum atomic E-state index is -0.444. The number of aromatic nitrogens is 1. The lowest BCUT2D eigenvalue weighted by molar-refractivity contribution is -0.118. The predicted molar refractivity (Wildman–Crippen MR) is 82.9 cm³/mol. The summed E-state index contributed by atoms with van der Waals surface area (Å²) < 4.78 is 10.7. The van der Waals surface area contributed by atoms with Gasteiger partial charge in [-0.1, -0.05) is 0 Å². The molecule has 1 atom stereocenters. The van der Waals surface area contributed by atoms with Crippen LogP contribution in [0.4, 0.5) is 4.79 Å². The van der Waals surface area contributed by atoms with E-state index in [-0.39, 0.29) is 13.0 Å². The second-order valence-corrected chi connectivity index (χ2v) is 5.32. The van der Waals surface area contributed by atoms with Crippen LogP contribution in [0.3, 0.4) is 0 Å². The molecule has 0 spiro atoms. The van der Waals surface area contributed by atoms with Gasteiger partial charge in [0.05, 0.1) is 19.2 Å². The van der Waals surface area contributed by atoms with E-state index in [1.165, 1.54) is 4.90 Å². The Morgan fingerprint density at radius 3 is 3.04 bits per heavy atom. The summed E-state index contributed by atoms with van der Waals surface area (Å²) in [7, 11) is 1.60. The van der Waals surface area contributed by atoms with Crippen LogP contribution in [-0.4, -0.2) is 42.1 Å². The van der Waals surface area contributed by atoms with Gasteiger partial charge in [0.1, 0.15) is 11.9 Å². The zero-order chi connectivity index (χ0) is 16.4. The largest absolute Gasteiger partial charge is 0.497 e. The lowest BCUT2D eigenvalue weighted by Gasteiger charge is -2.13. The summed E-state index contributed by atoms with van der Waals surface area (Å²) in [6.07, 6.45) is 0.952. The molecule has 2 aromatic rings. The third-order valence-electron chi connectivity index (χ3n) is 3.84. The summed E-state index contributed by atoms with van der Waals surface area (Å²) in [5.74, 6) is 0.266. The van der Waals surface area contributed by atoms with E-state index in [0.717, 1.165) is 16.5 Å². The van der Waals surface area contributed by atoms with E-state index in [0.29, 0.717) is 12.3 Å². The maximum Gasteiger partial charge on any atom is 0.410 e. The average molecular weight is 315 g/mol. The normalized spacial score (nSPS) is 17.3. The topological polar surface area (TPSA) is 94.7 Å². The van der Waals surface area contributed by atoms with Crippen LogP contribution in [0.2, 0.25) is 0 Å². The Bertz CT molecular complexity index is 762. The summed E-state index contributed by atoms with van der Waals surface area (Å²) in [4.78, 5) is 28.6. The van der Waals surface area contributed by atoms with Crippen LogP contribution in [0, 0.1) is 0 Å². The Morgan fingerprint density at radius 2 is 2.30 bits per heavy atom. The van der Waals surface area contributed by atoms with Gasteiger partial charge in [-0.3, -0.25) is 9.78 Å². The van der Waals surface area contributed by atoms with Crippen LogP contribution in [0.5, 0.6) is 5.75 Å². The molecule has 0 aliphatic carbocycles. The van der Waals surface area contributed by atoms with E-state index in [2.05, 4.69) is 4.98 Å². The van der Waals surface area contributed by atoms with Gasteiger partial charge in [0.15, 0.2) is 0 Å². The van der Waals surface area contributed by atoms with Crippen molar-refractivity contribution in [2.75, 3.05) is 20.2 Å². The third-order valence-corrected chi connectivity index (χ3v) is 3.84. The fourth-order valence-corrected chi connectivity index (χ4v) is 2.65. The Morgan fingerprint density at radius 1 is 1.48 bits per heavy atom. The monoisotopic (exact) mass is 315 g/mol. The van der Waals surface area contributed by atoms with Crippen molar-refractivity contribution in [1.82, 2.24) is 9.88 Å². The van der Waals surface area contributed by atoms with E-state index in [1.807, 2.05) is 24.3 Å². The number of amides is 2. The molecule has 23 heavy (non-hydrogen) atoms. The van der Waals surface area contributed by atoms with E-state index >= 15 is 0 Å². The number of rotatable bonds is 5. The molecule has 0 bridgehead atoms. The summed E-state index contributed by atoms with van der Waals surface area (Å²) in [5.41, 5.74) is 6.79. The number of nitrogens with zero attached hydrogens (tertiary/aromatic N) is 2. The van der Waals surface area contributed by atoms with Crippen molar-refractivity contribution in [3.8, 4) is 5.75 Å². The van der Waals surface area contributed by atoms with Crippen LogP contribution in [0.15, 0.2) is 30.5 Å². The van der Waals surface area contributed by atoms with Gasteiger partial charge in [0.25, 0.3) is 0 Å². The highest BCUT2D eigenvalue weighted by Crippen LogP contribution is 2.32. The minimum Gasteiger partial charge on any atom is -0.497 e. The molecule has 0 saturated carbocycles. The van der Waals surface area contributed by atoms with Crippen LogP contribution in [0.1, 0.15) is 18.1 Å². The first kappa shape index (κ1) is 15.1. The number of fused-ring (bicyclic) bond motifs is 1. The third kappa shape index (κ3) is 3.03. The molecule has 1 aliphatic heterocycles. The van der Waals surface area contributed by atoms with Gasteiger partial charge >= 0.3 is 6.09 Å². The first-order valence-electron chi connectivity index (χ1n) is 7.25. The zero-order valence-electron chi connectivity index (χ0n) is 12.7. The summed E-state index contributed by atoms with van der Waals surface area (Å²) in [6, 6.07) is 7.40. The smallest absolute Gasteiger partial charge is 0.410 e. The summed E-state index contributed by atoms with van der Waals surface area (Å²) in [5, 5.41) is 0.876. The van der Waals surface area contributed by atoms with Crippen LogP contribution < -0.4 is 10.5 Å². The maximum atomic E-state index is 11.9. The van der Waals surface area contributed by atoms with Gasteiger partial charge < -0.3 is 20.1 Å². The highest BCUT2D eigenvalue weighted by Gasteiger charge is 2.33. The van der Waals surface area contributed by atoms with Gasteiger partial charge in [-0.05, 0) is 24.3 Å². The van der Waals surface area contributed by atoms with Crippen molar-refractivity contribution in [3.05, 3.63) is 36.0 Å². The number of methoxy groups -OCH3 is 1. The second kappa shape index (κ2) is 6.12. The standard InChI is InChI=1S/C16H17N3O4/c1-22-10-2-3-13-12(8-10)11(4-6-18-13)14-9-19(16(21)23-14)7-5-15(17)20/h2-4,6,8,14H,5,7,9H2,1H3,(H2,17,20)/t14-/m0/s1. The first-order chi connectivity index (χ1) is 11.1. The van der Waals surface area contributed by atoms with Gasteiger partial charge in [-0.2, -0.15) is 0 Å². The number of nitrogens with two attached hydrogens (primary N) is 1. The van der Waals surface area contributed by atoms with Gasteiger partial charge in [0, 0.05) is 30.1 Å². The molecule has 1 aromatic heterocycles. The fourth-order valence-electron chi connectivity index (χ4n) is 2.65. The highest BCUT2D eigenvalue weighted by molar-refractivity contribution is 5.84. The molecule has 1 aromatic carbocycles. The Labute approximate surface area is 133 Å². The van der Waals surface area contributed by atoms with Crippen LogP contribution in [0.25, 0.3) is 10.9 Å². The minimum absolute atomic E-state index is 0.118. The number of hydrogen-bond donors (Lipinski definition) is 1. The molecule has 1 fully saturated rings. The molecule has 0 unspecified atom stereocenters. The SMILES string of the molecule is COc1ccc2nccc([C@@H]3CN(CCC(N)=O)C(=O)O3)c2c1. The van der Waals surface area contributed by atoms with E-state index < -0.39 is 18.1 Å². The second-order valence-electron chi connectivity index (χ2n) is 5.32. The van der Waals surface area contributed by atoms with Gasteiger partial charge in [-0.25, -0.2) is 4.79 Å². The number of benzene rings is 1. The molecule has 120 valence electrons.